The van der Waals surface area contributed by atoms with Crippen LogP contribution in [0.5, 0.6) is 0 Å². The first-order valence-electron chi connectivity index (χ1n) is 5.82. The Labute approximate surface area is 92.9 Å². The van der Waals surface area contributed by atoms with Crippen LogP contribution in [-0.2, 0) is 0 Å². The number of pyridine rings is 1. The quantitative estimate of drug-likeness (QED) is 0.803. The van der Waals surface area contributed by atoms with Gasteiger partial charge in [0.1, 0.15) is 0 Å². The van der Waals surface area contributed by atoms with Gasteiger partial charge in [0.15, 0.2) is 0 Å². The third-order valence-electron chi connectivity index (χ3n) is 2.84. The van der Waals surface area contributed by atoms with Gasteiger partial charge in [-0.2, -0.15) is 0 Å². The average Bonchev–Trinajstić information content (AvgIpc) is 2.18. The highest BCUT2D eigenvalue weighted by Crippen LogP contribution is 2.22. The summed E-state index contributed by atoms with van der Waals surface area (Å²) in [6, 6.07) is 4.13. The molecule has 0 bridgehead atoms. The zero-order chi connectivity index (χ0) is 11.3. The maximum absolute atomic E-state index is 6.16. The van der Waals surface area contributed by atoms with Crippen molar-refractivity contribution < 1.29 is 0 Å². The van der Waals surface area contributed by atoms with E-state index in [4.69, 9.17) is 5.73 Å². The Bertz CT molecular complexity index is 296. The third-order valence-corrected chi connectivity index (χ3v) is 2.84. The molecule has 1 aromatic rings. The summed E-state index contributed by atoms with van der Waals surface area (Å²) in [5.41, 5.74) is 8.42. The molecule has 2 N–H and O–H groups in total. The van der Waals surface area contributed by atoms with E-state index in [0.29, 0.717) is 5.92 Å². The summed E-state index contributed by atoms with van der Waals surface area (Å²) in [4.78, 5) is 4.37. The van der Waals surface area contributed by atoms with Gasteiger partial charge in [-0.25, -0.2) is 0 Å². The van der Waals surface area contributed by atoms with E-state index in [-0.39, 0.29) is 6.04 Å². The van der Waals surface area contributed by atoms with Gasteiger partial charge in [-0.1, -0.05) is 32.8 Å². The number of nitrogens with two attached hydrogens (primary N) is 1. The van der Waals surface area contributed by atoms with Crippen molar-refractivity contribution in [3.8, 4) is 0 Å². The molecule has 2 nitrogen and oxygen atoms in total. The molecule has 0 aliphatic heterocycles. The lowest BCUT2D eigenvalue weighted by molar-refractivity contribution is 0.435. The first-order chi connectivity index (χ1) is 7.15. The number of aromatic nitrogens is 1. The van der Waals surface area contributed by atoms with Crippen molar-refractivity contribution in [2.45, 2.75) is 46.1 Å². The van der Waals surface area contributed by atoms with Gasteiger partial charge in [0.05, 0.1) is 5.69 Å². The Kier molecular flexibility index (Phi) is 4.76. The molecular weight excluding hydrogens is 184 g/mol. The molecule has 0 spiro atoms. The lowest BCUT2D eigenvalue weighted by Crippen LogP contribution is -2.16. The smallest absolute Gasteiger partial charge is 0.0600 e. The van der Waals surface area contributed by atoms with Crippen LogP contribution in [0.3, 0.4) is 0 Å². The lowest BCUT2D eigenvalue weighted by atomic mass is 9.94. The SMILES string of the molecule is CCCC(C)CC(N)c1ncccc1C. The summed E-state index contributed by atoms with van der Waals surface area (Å²) < 4.78 is 0. The van der Waals surface area contributed by atoms with Crippen LogP contribution < -0.4 is 5.73 Å². The highest BCUT2D eigenvalue weighted by Gasteiger charge is 2.13. The number of hydrogen-bond acceptors (Lipinski definition) is 2. The minimum atomic E-state index is 0.0905. The molecule has 0 fully saturated rings. The van der Waals surface area contributed by atoms with Crippen molar-refractivity contribution in [2.24, 2.45) is 11.7 Å². The molecule has 15 heavy (non-hydrogen) atoms. The highest BCUT2D eigenvalue weighted by atomic mass is 14.8. The minimum absolute atomic E-state index is 0.0905. The maximum atomic E-state index is 6.16. The van der Waals surface area contributed by atoms with Crippen LogP contribution in [-0.4, -0.2) is 4.98 Å². The fourth-order valence-electron chi connectivity index (χ4n) is 2.04. The van der Waals surface area contributed by atoms with Crippen LogP contribution in [0.4, 0.5) is 0 Å². The lowest BCUT2D eigenvalue weighted by Gasteiger charge is -2.17. The summed E-state index contributed by atoms with van der Waals surface area (Å²) >= 11 is 0. The summed E-state index contributed by atoms with van der Waals surface area (Å²) in [5, 5.41) is 0. The van der Waals surface area contributed by atoms with E-state index in [2.05, 4.69) is 31.8 Å². The number of aryl methyl sites for hydroxylation is 1. The summed E-state index contributed by atoms with van der Waals surface area (Å²) in [5.74, 6) is 0.686. The Hall–Kier alpha value is -0.890. The van der Waals surface area contributed by atoms with Gasteiger partial charge in [-0.15, -0.1) is 0 Å². The Balaban J connectivity index is 2.61. The molecule has 0 saturated heterocycles. The van der Waals surface area contributed by atoms with Gasteiger partial charge in [-0.3, -0.25) is 4.98 Å². The van der Waals surface area contributed by atoms with Crippen molar-refractivity contribution >= 4 is 0 Å². The van der Waals surface area contributed by atoms with Crippen LogP contribution in [0.1, 0.15) is 50.4 Å². The van der Waals surface area contributed by atoms with E-state index in [9.17, 15) is 0 Å². The first kappa shape index (κ1) is 12.2. The fraction of sp³-hybridized carbons (Fsp3) is 0.615. The average molecular weight is 206 g/mol. The van der Waals surface area contributed by atoms with Crippen LogP contribution in [0, 0.1) is 12.8 Å². The second-order valence-corrected chi connectivity index (χ2v) is 4.44. The topological polar surface area (TPSA) is 38.9 Å². The second-order valence-electron chi connectivity index (χ2n) is 4.44. The van der Waals surface area contributed by atoms with Crippen LogP contribution in [0.2, 0.25) is 0 Å². The molecule has 2 atom stereocenters. The molecule has 1 heterocycles. The molecule has 1 rings (SSSR count). The van der Waals surface area contributed by atoms with Crippen molar-refractivity contribution in [2.75, 3.05) is 0 Å². The molecule has 2 unspecified atom stereocenters. The van der Waals surface area contributed by atoms with Crippen molar-refractivity contribution in [1.82, 2.24) is 4.98 Å². The Morgan fingerprint density at radius 2 is 2.20 bits per heavy atom. The van der Waals surface area contributed by atoms with Crippen LogP contribution in [0.25, 0.3) is 0 Å². The van der Waals surface area contributed by atoms with Crippen molar-refractivity contribution in [1.29, 1.82) is 0 Å². The van der Waals surface area contributed by atoms with E-state index in [1.807, 2.05) is 12.3 Å². The van der Waals surface area contributed by atoms with Gasteiger partial charge >= 0.3 is 0 Å². The van der Waals surface area contributed by atoms with Crippen molar-refractivity contribution in [3.05, 3.63) is 29.6 Å². The fourth-order valence-corrected chi connectivity index (χ4v) is 2.04. The summed E-state index contributed by atoms with van der Waals surface area (Å²) in [6.45, 7) is 6.56. The molecule has 0 saturated carbocycles. The largest absolute Gasteiger partial charge is 0.323 e. The molecule has 0 aliphatic rings. The molecule has 84 valence electrons. The second kappa shape index (κ2) is 5.86. The highest BCUT2D eigenvalue weighted by molar-refractivity contribution is 5.20. The van der Waals surface area contributed by atoms with Gasteiger partial charge in [-0.05, 0) is 30.9 Å². The predicted molar refractivity (Wildman–Crippen MR) is 64.6 cm³/mol. The summed E-state index contributed by atoms with van der Waals surface area (Å²) in [6.07, 6.45) is 5.34. The van der Waals surface area contributed by atoms with Gasteiger partial charge in [0.25, 0.3) is 0 Å². The number of hydrogen-bond donors (Lipinski definition) is 1. The van der Waals surface area contributed by atoms with Gasteiger partial charge < -0.3 is 5.73 Å². The van der Waals surface area contributed by atoms with Gasteiger partial charge in [0.2, 0.25) is 0 Å². The standard InChI is InChI=1S/C13H22N2/c1-4-6-10(2)9-12(14)13-11(3)7-5-8-15-13/h5,7-8,10,12H,4,6,9,14H2,1-3H3. The van der Waals surface area contributed by atoms with Crippen LogP contribution >= 0.6 is 0 Å². The molecule has 0 aliphatic carbocycles. The maximum Gasteiger partial charge on any atom is 0.0600 e. The van der Waals surface area contributed by atoms with E-state index < -0.39 is 0 Å². The molecule has 0 amide bonds. The summed E-state index contributed by atoms with van der Waals surface area (Å²) in [7, 11) is 0. The monoisotopic (exact) mass is 206 g/mol. The van der Waals surface area contributed by atoms with E-state index >= 15 is 0 Å². The molecule has 0 aromatic carbocycles. The van der Waals surface area contributed by atoms with E-state index in [1.54, 1.807) is 0 Å². The normalized spacial score (nSPS) is 14.9. The third kappa shape index (κ3) is 3.63. The number of nitrogens with zero attached hydrogens (tertiary/aromatic N) is 1. The van der Waals surface area contributed by atoms with Crippen molar-refractivity contribution in [3.63, 3.8) is 0 Å². The molecule has 1 aromatic heterocycles. The van der Waals surface area contributed by atoms with Gasteiger partial charge in [0, 0.05) is 12.2 Å². The van der Waals surface area contributed by atoms with Crippen LogP contribution in [0.15, 0.2) is 18.3 Å². The molecule has 0 radical (unpaired) electrons. The Morgan fingerprint density at radius 3 is 2.80 bits per heavy atom. The predicted octanol–water partition coefficient (Wildman–Crippen LogP) is 3.22. The Morgan fingerprint density at radius 1 is 1.47 bits per heavy atom. The zero-order valence-corrected chi connectivity index (χ0v) is 10.0. The number of rotatable bonds is 5. The molecular formula is C13H22N2. The van der Waals surface area contributed by atoms with E-state index in [0.717, 1.165) is 12.1 Å². The first-order valence-corrected chi connectivity index (χ1v) is 5.82. The zero-order valence-electron chi connectivity index (χ0n) is 10.0. The minimum Gasteiger partial charge on any atom is -0.323 e. The van der Waals surface area contributed by atoms with E-state index in [1.165, 1.54) is 18.4 Å². The molecule has 2 heteroatoms.